The van der Waals surface area contributed by atoms with Crippen LogP contribution in [0.5, 0.6) is 5.75 Å². The molecule has 3 aliphatic heterocycles. The fourth-order valence-corrected chi connectivity index (χ4v) is 8.11. The van der Waals surface area contributed by atoms with Gasteiger partial charge in [-0.1, -0.05) is 19.8 Å². The summed E-state index contributed by atoms with van der Waals surface area (Å²) in [5, 5.41) is 16.4. The van der Waals surface area contributed by atoms with Crippen LogP contribution in [-0.2, 0) is 0 Å². The first-order valence-corrected chi connectivity index (χ1v) is 17.3. The number of nitriles is 1. The molecule has 2 saturated heterocycles. The lowest BCUT2D eigenvalue weighted by molar-refractivity contribution is 0.0807. The molecule has 0 spiro atoms. The highest BCUT2D eigenvalue weighted by Gasteiger charge is 2.39. The Morgan fingerprint density at radius 1 is 1.04 bits per heavy atom. The number of imidazole rings is 1. The first-order chi connectivity index (χ1) is 23.0. The van der Waals surface area contributed by atoms with Crippen molar-refractivity contribution < 1.29 is 9.53 Å². The maximum Gasteiger partial charge on any atom is 0.251 e. The molecule has 2 aromatic heterocycles. The van der Waals surface area contributed by atoms with Gasteiger partial charge < -0.3 is 30.1 Å². The third-order valence-corrected chi connectivity index (χ3v) is 10.7. The minimum absolute atomic E-state index is 0.000606. The van der Waals surface area contributed by atoms with E-state index in [0.29, 0.717) is 40.7 Å². The highest BCUT2D eigenvalue weighted by Crippen LogP contribution is 2.44. The summed E-state index contributed by atoms with van der Waals surface area (Å²) < 4.78 is 7.71. The summed E-state index contributed by atoms with van der Waals surface area (Å²) in [7, 11) is 3.81. The smallest absolute Gasteiger partial charge is 0.251 e. The van der Waals surface area contributed by atoms with Gasteiger partial charge in [0.2, 0.25) is 5.95 Å². The maximum atomic E-state index is 13.3. The van der Waals surface area contributed by atoms with Crippen LogP contribution in [0.3, 0.4) is 0 Å². The number of aromatic nitrogens is 4. The number of anilines is 3. The van der Waals surface area contributed by atoms with Crippen LogP contribution in [0.2, 0.25) is 0 Å². The van der Waals surface area contributed by atoms with Gasteiger partial charge in [-0.25, -0.2) is 9.97 Å². The van der Waals surface area contributed by atoms with E-state index in [1.165, 1.54) is 38.8 Å². The molecule has 12 nitrogen and oxygen atoms in total. The second-order valence-electron chi connectivity index (χ2n) is 13.5. The van der Waals surface area contributed by atoms with Crippen LogP contribution in [-0.4, -0.2) is 93.7 Å². The van der Waals surface area contributed by atoms with E-state index in [4.69, 9.17) is 9.72 Å². The number of hydrogen-bond donors (Lipinski definition) is 2. The summed E-state index contributed by atoms with van der Waals surface area (Å²) in [4.78, 5) is 34.9. The van der Waals surface area contributed by atoms with Crippen molar-refractivity contribution in [1.82, 2.24) is 34.6 Å². The fraction of sp³-hybridized carbons (Fsp3) is 0.571. The van der Waals surface area contributed by atoms with Gasteiger partial charge in [-0.2, -0.15) is 10.2 Å². The molecule has 1 atom stereocenters. The molecule has 5 heterocycles. The highest BCUT2D eigenvalue weighted by atomic mass is 16.5. The molecule has 0 radical (unpaired) electrons. The zero-order valence-corrected chi connectivity index (χ0v) is 27.8. The molecule has 0 bridgehead atoms. The Kier molecular flexibility index (Phi) is 9.01. The lowest BCUT2D eigenvalue weighted by Gasteiger charge is -2.41. The van der Waals surface area contributed by atoms with E-state index in [1.807, 2.05) is 16.7 Å². The van der Waals surface area contributed by atoms with Gasteiger partial charge in [0.05, 0.1) is 30.7 Å². The first kappa shape index (κ1) is 31.4. The van der Waals surface area contributed by atoms with Gasteiger partial charge in [0.25, 0.3) is 5.91 Å². The number of ether oxygens (including phenoxy) is 1. The third kappa shape index (κ3) is 6.14. The van der Waals surface area contributed by atoms with Gasteiger partial charge in [0.15, 0.2) is 11.5 Å². The number of hydrogen-bond acceptors (Lipinski definition) is 10. The Morgan fingerprint density at radius 3 is 2.51 bits per heavy atom. The molecule has 4 aliphatic rings. The molecular formula is C35H46N10O2. The highest BCUT2D eigenvalue weighted by molar-refractivity contribution is 5.95. The van der Waals surface area contributed by atoms with Crippen molar-refractivity contribution in [3.8, 4) is 17.5 Å². The van der Waals surface area contributed by atoms with Crippen molar-refractivity contribution in [3.63, 3.8) is 0 Å². The molecule has 2 N–H and O–H groups in total. The zero-order valence-electron chi connectivity index (χ0n) is 27.8. The van der Waals surface area contributed by atoms with Crippen LogP contribution in [0.25, 0.3) is 5.69 Å². The van der Waals surface area contributed by atoms with Gasteiger partial charge in [-0.05, 0) is 83.3 Å². The van der Waals surface area contributed by atoms with E-state index in [0.717, 1.165) is 62.4 Å². The number of nitrogens with one attached hydrogen (secondary N) is 2. The predicted octanol–water partition coefficient (Wildman–Crippen LogP) is 4.79. The van der Waals surface area contributed by atoms with Crippen molar-refractivity contribution in [2.24, 2.45) is 0 Å². The van der Waals surface area contributed by atoms with Crippen LogP contribution < -0.4 is 20.3 Å². The summed E-state index contributed by atoms with van der Waals surface area (Å²) >= 11 is 0. The first-order valence-electron chi connectivity index (χ1n) is 17.3. The van der Waals surface area contributed by atoms with E-state index in [1.54, 1.807) is 25.7 Å². The molecule has 7 rings (SSSR count). The van der Waals surface area contributed by atoms with Crippen LogP contribution in [0.15, 0.2) is 30.7 Å². The van der Waals surface area contributed by atoms with Gasteiger partial charge in [-0.3, -0.25) is 9.36 Å². The topological polar surface area (TPSA) is 127 Å². The molecule has 1 aliphatic carbocycles. The molecule has 1 unspecified atom stereocenters. The number of fused-ring (bicyclic) bond motifs is 3. The van der Waals surface area contributed by atoms with E-state index in [2.05, 4.69) is 55.3 Å². The van der Waals surface area contributed by atoms with Crippen LogP contribution in [0.1, 0.15) is 92.5 Å². The Bertz CT molecular complexity index is 1630. The lowest BCUT2D eigenvalue weighted by Crippen LogP contribution is -2.50. The second kappa shape index (κ2) is 13.5. The Labute approximate surface area is 277 Å². The summed E-state index contributed by atoms with van der Waals surface area (Å²) in [5.74, 6) is 1.75. The molecule has 1 amide bonds. The number of carbonyl (C=O) groups is 1. The maximum absolute atomic E-state index is 13.3. The second-order valence-corrected chi connectivity index (χ2v) is 13.5. The van der Waals surface area contributed by atoms with Gasteiger partial charge in [0, 0.05) is 36.8 Å². The monoisotopic (exact) mass is 638 g/mol. The molecule has 1 aromatic carbocycles. The number of nitrogens with zero attached hydrogens (tertiary/aromatic N) is 8. The van der Waals surface area contributed by atoms with Crippen molar-refractivity contribution in [2.45, 2.75) is 88.9 Å². The molecule has 1 saturated carbocycles. The predicted molar refractivity (Wildman–Crippen MR) is 180 cm³/mol. The van der Waals surface area contributed by atoms with Crippen molar-refractivity contribution in [1.29, 1.82) is 5.26 Å². The number of likely N-dealkylation sites (tertiary alicyclic amines) is 2. The lowest BCUT2D eigenvalue weighted by atomic mass is 9.98. The Balaban J connectivity index is 1.06. The summed E-state index contributed by atoms with van der Waals surface area (Å²) in [5.41, 5.74) is 3.44. The SMILES string of the molecule is CCC1c2c(C#N)ncn2-c2cnc(Nc3ccc(C(=O)NC4CCN(C5CCN(C)CC5)CC4)cc3OC)nc2N1C1CCCC1. The number of carbonyl (C=O) groups excluding carboxylic acids is 1. The number of benzene rings is 1. The molecule has 3 fully saturated rings. The molecule has 248 valence electrons. The average Bonchev–Trinajstić information content (AvgIpc) is 3.79. The van der Waals surface area contributed by atoms with E-state index in [-0.39, 0.29) is 18.0 Å². The van der Waals surface area contributed by atoms with Crippen LogP contribution in [0.4, 0.5) is 17.5 Å². The van der Waals surface area contributed by atoms with E-state index >= 15 is 0 Å². The Hall–Kier alpha value is -4.21. The van der Waals surface area contributed by atoms with Crippen LogP contribution in [0, 0.1) is 11.3 Å². The average molecular weight is 639 g/mol. The molecule has 47 heavy (non-hydrogen) atoms. The van der Waals surface area contributed by atoms with Crippen molar-refractivity contribution >= 4 is 23.4 Å². The zero-order chi connectivity index (χ0) is 32.5. The van der Waals surface area contributed by atoms with E-state index < -0.39 is 0 Å². The number of methoxy groups -OCH3 is 1. The Morgan fingerprint density at radius 2 is 1.81 bits per heavy atom. The van der Waals surface area contributed by atoms with Gasteiger partial charge >= 0.3 is 0 Å². The number of piperidine rings is 2. The number of amides is 1. The quantitative estimate of drug-likeness (QED) is 0.356. The van der Waals surface area contributed by atoms with Crippen LogP contribution >= 0.6 is 0 Å². The fourth-order valence-electron chi connectivity index (χ4n) is 8.11. The largest absolute Gasteiger partial charge is 0.495 e. The third-order valence-electron chi connectivity index (χ3n) is 10.7. The number of rotatable bonds is 8. The molecule has 3 aromatic rings. The summed E-state index contributed by atoms with van der Waals surface area (Å²) in [6.45, 7) is 6.55. The van der Waals surface area contributed by atoms with E-state index in [9.17, 15) is 10.1 Å². The standard InChI is InChI=1S/C35H46N10O2/c1-4-29-32-28(20-36)38-22-44(32)30-21-37-35(41-33(30)45(29)26-7-5-6-8-26)40-27-10-9-23(19-31(27)47-3)34(46)39-24-11-17-43(18-12-24)25-13-15-42(2)16-14-25/h9-10,19,21-22,24-26,29H,4-8,11-18H2,1-3H3,(H,39,46)(H,37,40,41). The summed E-state index contributed by atoms with van der Waals surface area (Å²) in [6, 6.07) is 8.94. The van der Waals surface area contributed by atoms with Gasteiger partial charge in [0.1, 0.15) is 23.8 Å². The van der Waals surface area contributed by atoms with Gasteiger partial charge in [-0.15, -0.1) is 0 Å². The normalized spacial score (nSPS) is 21.2. The minimum atomic E-state index is -0.0803. The van der Waals surface area contributed by atoms with Crippen molar-refractivity contribution in [3.05, 3.63) is 47.7 Å². The minimum Gasteiger partial charge on any atom is -0.495 e. The van der Waals surface area contributed by atoms with Crippen molar-refractivity contribution in [2.75, 3.05) is 50.6 Å². The molecule has 12 heteroatoms. The summed E-state index contributed by atoms with van der Waals surface area (Å²) in [6.07, 6.45) is 13.3. The molecular weight excluding hydrogens is 592 g/mol.